The minimum atomic E-state index is -1.05. The van der Waals surface area contributed by atoms with Crippen LogP contribution >= 0.6 is 0 Å². The zero-order chi connectivity index (χ0) is 22.6. The molecule has 0 bridgehead atoms. The fraction of sp³-hybridized carbons (Fsp3) is 0.423. The maximum atomic E-state index is 15.0. The third-order valence-electron chi connectivity index (χ3n) is 5.52. The van der Waals surface area contributed by atoms with Gasteiger partial charge >= 0.3 is 5.97 Å². The summed E-state index contributed by atoms with van der Waals surface area (Å²) in [6.07, 6.45) is 7.08. The molecule has 0 aromatic heterocycles. The molecule has 30 heavy (non-hydrogen) atoms. The molecule has 0 unspecified atom stereocenters. The number of aliphatic carboxylic acids is 1. The summed E-state index contributed by atoms with van der Waals surface area (Å²) in [4.78, 5) is 10.8. The zero-order valence-corrected chi connectivity index (χ0v) is 19.1. The van der Waals surface area contributed by atoms with Crippen LogP contribution < -0.4 is 4.74 Å². The number of hydrogen-bond acceptors (Lipinski definition) is 2. The van der Waals surface area contributed by atoms with Gasteiger partial charge in [0.1, 0.15) is 11.6 Å². The van der Waals surface area contributed by atoms with Crippen molar-refractivity contribution in [2.24, 2.45) is 5.92 Å². The summed E-state index contributed by atoms with van der Waals surface area (Å²) in [6.45, 7) is 14.6. The van der Waals surface area contributed by atoms with Gasteiger partial charge in [-0.1, -0.05) is 39.8 Å². The summed E-state index contributed by atoms with van der Waals surface area (Å²) >= 11 is 0. The first-order chi connectivity index (χ1) is 14.0. The fourth-order valence-corrected chi connectivity index (χ4v) is 3.78. The largest absolute Gasteiger partial charge is 0.493 e. The van der Waals surface area contributed by atoms with E-state index in [0.717, 1.165) is 23.6 Å². The summed E-state index contributed by atoms with van der Waals surface area (Å²) in [7, 11) is 0. The minimum Gasteiger partial charge on any atom is -0.493 e. The first kappa shape index (κ1) is 23.7. The van der Waals surface area contributed by atoms with E-state index in [1.54, 1.807) is 13.8 Å². The van der Waals surface area contributed by atoms with E-state index >= 15 is 0 Å². The van der Waals surface area contributed by atoms with Crippen LogP contribution in [0.3, 0.4) is 0 Å². The highest BCUT2D eigenvalue weighted by atomic mass is 19.1. The van der Waals surface area contributed by atoms with Crippen LogP contribution in [0.5, 0.6) is 5.75 Å². The Morgan fingerprint density at radius 3 is 2.50 bits per heavy atom. The maximum absolute atomic E-state index is 15.0. The van der Waals surface area contributed by atoms with Gasteiger partial charge in [0.2, 0.25) is 0 Å². The van der Waals surface area contributed by atoms with Crippen molar-refractivity contribution in [2.45, 2.75) is 60.3 Å². The summed E-state index contributed by atoms with van der Waals surface area (Å²) in [5.41, 5.74) is 5.29. The standard InChI is InChI=1S/C26H33FO3/c1-8-30-24-15-22-21(19(16(2)3)11-12-26(22,6)7)14-20(24)18(5)23(27)10-9-17(4)13-25(28)29/h9-11,13-16H,8,12H2,1-7H3,(H,28,29)/b10-9+,17-13+,23-18+. The van der Waals surface area contributed by atoms with Gasteiger partial charge in [-0.3, -0.25) is 0 Å². The summed E-state index contributed by atoms with van der Waals surface area (Å²) in [5.74, 6) is -0.432. The highest BCUT2D eigenvalue weighted by molar-refractivity contribution is 5.82. The topological polar surface area (TPSA) is 46.5 Å². The van der Waals surface area contributed by atoms with Gasteiger partial charge in [0.25, 0.3) is 0 Å². The fourth-order valence-electron chi connectivity index (χ4n) is 3.78. The summed E-state index contributed by atoms with van der Waals surface area (Å²) < 4.78 is 20.9. The van der Waals surface area contributed by atoms with Crippen molar-refractivity contribution in [3.63, 3.8) is 0 Å². The van der Waals surface area contributed by atoms with E-state index in [0.29, 0.717) is 29.4 Å². The molecule has 4 heteroatoms. The molecule has 0 saturated heterocycles. The molecule has 0 aliphatic heterocycles. The number of carboxylic acids is 1. The van der Waals surface area contributed by atoms with Crippen LogP contribution in [-0.4, -0.2) is 17.7 Å². The predicted octanol–water partition coefficient (Wildman–Crippen LogP) is 7.09. The molecule has 0 amide bonds. The number of hydrogen-bond donors (Lipinski definition) is 1. The lowest BCUT2D eigenvalue weighted by Gasteiger charge is -2.34. The first-order valence-corrected chi connectivity index (χ1v) is 10.5. The second-order valence-electron chi connectivity index (χ2n) is 8.76. The predicted molar refractivity (Wildman–Crippen MR) is 122 cm³/mol. The Morgan fingerprint density at radius 1 is 1.27 bits per heavy atom. The lowest BCUT2D eigenvalue weighted by molar-refractivity contribution is -0.131. The molecule has 0 atom stereocenters. The number of halogens is 1. The molecule has 2 rings (SSSR count). The average Bonchev–Trinajstić information content (AvgIpc) is 2.65. The molecule has 0 fully saturated rings. The molecule has 1 aliphatic rings. The van der Waals surface area contributed by atoms with Gasteiger partial charge in [-0.25, -0.2) is 9.18 Å². The average molecular weight is 413 g/mol. The van der Waals surface area contributed by atoms with Crippen molar-refractivity contribution in [3.8, 4) is 5.75 Å². The lowest BCUT2D eigenvalue weighted by Crippen LogP contribution is -2.23. The van der Waals surface area contributed by atoms with Gasteiger partial charge in [0.05, 0.1) is 6.61 Å². The van der Waals surface area contributed by atoms with Crippen LogP contribution in [0, 0.1) is 5.92 Å². The van der Waals surface area contributed by atoms with Gasteiger partial charge in [-0.15, -0.1) is 0 Å². The quantitative estimate of drug-likeness (QED) is 0.384. The Balaban J connectivity index is 2.64. The minimum absolute atomic E-state index is 0.0209. The number of carboxylic acid groups (broad SMARTS) is 1. The van der Waals surface area contributed by atoms with E-state index in [-0.39, 0.29) is 5.41 Å². The smallest absolute Gasteiger partial charge is 0.328 e. The van der Waals surface area contributed by atoms with Gasteiger partial charge in [-0.2, -0.15) is 0 Å². The van der Waals surface area contributed by atoms with E-state index in [9.17, 15) is 9.18 Å². The first-order valence-electron chi connectivity index (χ1n) is 10.5. The van der Waals surface area contributed by atoms with Gasteiger partial charge in [-0.05, 0) is 84.6 Å². The monoisotopic (exact) mass is 412 g/mol. The van der Waals surface area contributed by atoms with Crippen LogP contribution in [0.2, 0.25) is 0 Å². The van der Waals surface area contributed by atoms with Crippen molar-refractivity contribution in [3.05, 3.63) is 64.5 Å². The van der Waals surface area contributed by atoms with E-state index < -0.39 is 11.8 Å². The SMILES string of the molecule is CCOc1cc2c(cc1\C(C)=C(F)/C=C/C(C)=C/C(=O)O)C(C(C)C)=CCC2(C)C. The third-order valence-corrected chi connectivity index (χ3v) is 5.52. The zero-order valence-electron chi connectivity index (χ0n) is 19.1. The molecular weight excluding hydrogens is 379 g/mol. The van der Waals surface area contributed by atoms with Crippen molar-refractivity contribution in [1.29, 1.82) is 0 Å². The number of carbonyl (C=O) groups is 1. The van der Waals surface area contributed by atoms with Crippen molar-refractivity contribution in [2.75, 3.05) is 6.61 Å². The molecule has 0 spiro atoms. The van der Waals surface area contributed by atoms with Crippen LogP contribution in [0.4, 0.5) is 4.39 Å². The number of allylic oxidation sites excluding steroid dienone is 7. The number of fused-ring (bicyclic) bond motifs is 1. The molecule has 0 saturated carbocycles. The van der Waals surface area contributed by atoms with E-state index in [4.69, 9.17) is 9.84 Å². The van der Waals surface area contributed by atoms with E-state index in [1.165, 1.54) is 23.3 Å². The van der Waals surface area contributed by atoms with Crippen LogP contribution in [0.25, 0.3) is 11.1 Å². The lowest BCUT2D eigenvalue weighted by atomic mass is 9.70. The molecule has 1 N–H and O–H groups in total. The Morgan fingerprint density at radius 2 is 1.93 bits per heavy atom. The van der Waals surface area contributed by atoms with E-state index in [2.05, 4.69) is 45.9 Å². The molecule has 0 heterocycles. The Bertz CT molecular complexity index is 943. The van der Waals surface area contributed by atoms with E-state index in [1.807, 2.05) is 6.92 Å². The molecule has 1 aliphatic carbocycles. The molecule has 3 nitrogen and oxygen atoms in total. The molecule has 1 aromatic carbocycles. The van der Waals surface area contributed by atoms with Gasteiger partial charge in [0.15, 0.2) is 0 Å². The summed E-state index contributed by atoms with van der Waals surface area (Å²) in [5, 5.41) is 8.82. The third kappa shape index (κ3) is 5.29. The molecular formula is C26H33FO3. The highest BCUT2D eigenvalue weighted by Gasteiger charge is 2.31. The van der Waals surface area contributed by atoms with Gasteiger partial charge in [0, 0.05) is 11.6 Å². The Kier molecular flexibility index (Phi) is 7.46. The van der Waals surface area contributed by atoms with Crippen LogP contribution in [-0.2, 0) is 10.2 Å². The normalized spacial score (nSPS) is 17.0. The number of ether oxygens (including phenoxy) is 1. The Hall–Kier alpha value is -2.62. The second kappa shape index (κ2) is 9.46. The Labute approximate surface area is 179 Å². The second-order valence-corrected chi connectivity index (χ2v) is 8.76. The molecule has 162 valence electrons. The van der Waals surface area contributed by atoms with Crippen LogP contribution in [0.1, 0.15) is 71.6 Å². The summed E-state index contributed by atoms with van der Waals surface area (Å²) in [6, 6.07) is 4.12. The molecule has 0 radical (unpaired) electrons. The molecule has 1 aromatic rings. The number of rotatable bonds is 7. The maximum Gasteiger partial charge on any atom is 0.328 e. The van der Waals surface area contributed by atoms with Crippen molar-refractivity contribution < 1.29 is 19.0 Å². The number of benzene rings is 1. The van der Waals surface area contributed by atoms with Crippen molar-refractivity contribution in [1.82, 2.24) is 0 Å². The van der Waals surface area contributed by atoms with Crippen LogP contribution in [0.15, 0.2) is 47.8 Å². The highest BCUT2D eigenvalue weighted by Crippen LogP contribution is 2.45. The van der Waals surface area contributed by atoms with Crippen molar-refractivity contribution >= 4 is 17.1 Å². The van der Waals surface area contributed by atoms with Gasteiger partial charge < -0.3 is 9.84 Å².